The smallest absolute Gasteiger partial charge is 0.287 e. The molecule has 0 saturated heterocycles. The Morgan fingerprint density at radius 1 is 1.60 bits per heavy atom. The summed E-state index contributed by atoms with van der Waals surface area (Å²) >= 11 is 6.85. The van der Waals surface area contributed by atoms with E-state index in [0.29, 0.717) is 9.34 Å². The molecule has 0 aliphatic carbocycles. The van der Waals surface area contributed by atoms with Crippen molar-refractivity contribution >= 4 is 22.9 Å². The number of nitrogens with one attached hydrogen (secondary N) is 1. The lowest BCUT2D eigenvalue weighted by atomic mass is 10.4. The largest absolute Gasteiger partial charge is 0.302 e. The van der Waals surface area contributed by atoms with Gasteiger partial charge in [-0.15, -0.1) is 0 Å². The molecule has 0 amide bonds. The zero-order valence-corrected chi connectivity index (χ0v) is 9.12. The van der Waals surface area contributed by atoms with Gasteiger partial charge in [-0.25, -0.2) is 9.97 Å². The van der Waals surface area contributed by atoms with Crippen LogP contribution in [-0.2, 0) is 0 Å². The van der Waals surface area contributed by atoms with Crippen molar-refractivity contribution in [2.24, 2.45) is 0 Å². The van der Waals surface area contributed by atoms with Gasteiger partial charge < -0.3 is 4.98 Å². The van der Waals surface area contributed by atoms with Gasteiger partial charge in [-0.05, 0) is 6.92 Å². The van der Waals surface area contributed by atoms with Crippen molar-refractivity contribution < 1.29 is 4.39 Å². The maximum atomic E-state index is 13.0. The average Bonchev–Trinajstić information content (AvgIpc) is 2.60. The molecule has 2 aromatic heterocycles. The third-order valence-electron chi connectivity index (χ3n) is 1.71. The summed E-state index contributed by atoms with van der Waals surface area (Å²) in [7, 11) is 0. The number of aryl methyl sites for hydroxylation is 1. The molecule has 7 heteroatoms. The van der Waals surface area contributed by atoms with Crippen LogP contribution in [0, 0.1) is 12.7 Å². The van der Waals surface area contributed by atoms with Gasteiger partial charge in [-0.2, -0.15) is 4.39 Å². The summed E-state index contributed by atoms with van der Waals surface area (Å²) in [6.45, 7) is 1.42. The summed E-state index contributed by atoms with van der Waals surface area (Å²) in [6, 6.07) is 0. The maximum Gasteiger partial charge on any atom is 0.287 e. The highest BCUT2D eigenvalue weighted by Gasteiger charge is 2.11. The molecule has 2 heterocycles. The number of rotatable bonds is 1. The Balaban J connectivity index is 2.60. The summed E-state index contributed by atoms with van der Waals surface area (Å²) in [5.41, 5.74) is -0.760. The molecule has 0 aliphatic rings. The fourth-order valence-corrected chi connectivity index (χ4v) is 1.89. The first kappa shape index (κ1) is 10.3. The minimum absolute atomic E-state index is 0.0417. The number of aromatic amines is 1. The average molecular weight is 246 g/mol. The molecule has 0 atom stereocenters. The number of H-pyrrole nitrogens is 1. The van der Waals surface area contributed by atoms with E-state index < -0.39 is 11.4 Å². The minimum Gasteiger partial charge on any atom is -0.302 e. The number of halogens is 2. The van der Waals surface area contributed by atoms with Crippen molar-refractivity contribution in [3.8, 4) is 10.8 Å². The van der Waals surface area contributed by atoms with Crippen molar-refractivity contribution in [3.05, 3.63) is 32.4 Å². The zero-order valence-electron chi connectivity index (χ0n) is 7.54. The molecule has 0 aliphatic heterocycles. The van der Waals surface area contributed by atoms with E-state index in [2.05, 4.69) is 15.0 Å². The first-order valence-corrected chi connectivity index (χ1v) is 5.15. The minimum atomic E-state index is -0.874. The number of hydrogen-bond acceptors (Lipinski definition) is 4. The lowest BCUT2D eigenvalue weighted by Gasteiger charge is -1.98. The lowest BCUT2D eigenvalue weighted by Crippen LogP contribution is -2.15. The molecule has 2 aromatic rings. The van der Waals surface area contributed by atoms with E-state index in [4.69, 9.17) is 11.6 Å². The van der Waals surface area contributed by atoms with E-state index in [-0.39, 0.29) is 11.5 Å². The van der Waals surface area contributed by atoms with Crippen LogP contribution in [0.15, 0.2) is 11.0 Å². The van der Waals surface area contributed by atoms with Crippen molar-refractivity contribution in [1.82, 2.24) is 15.0 Å². The quantitative estimate of drug-likeness (QED) is 0.836. The fourth-order valence-electron chi connectivity index (χ4n) is 1.04. The zero-order chi connectivity index (χ0) is 11.0. The van der Waals surface area contributed by atoms with Crippen LogP contribution >= 0.6 is 22.9 Å². The van der Waals surface area contributed by atoms with E-state index in [9.17, 15) is 9.18 Å². The van der Waals surface area contributed by atoms with Gasteiger partial charge in [0.05, 0.1) is 11.9 Å². The van der Waals surface area contributed by atoms with Gasteiger partial charge in [0.15, 0.2) is 10.8 Å². The second kappa shape index (κ2) is 3.71. The molecule has 0 unspecified atom stereocenters. The van der Waals surface area contributed by atoms with Crippen LogP contribution in [0.2, 0.25) is 4.34 Å². The summed E-state index contributed by atoms with van der Waals surface area (Å²) in [6.07, 6.45) is 1.44. The summed E-state index contributed by atoms with van der Waals surface area (Å²) in [5.74, 6) is -0.641. The first-order chi connectivity index (χ1) is 7.08. The molecule has 78 valence electrons. The highest BCUT2D eigenvalue weighted by atomic mass is 35.5. The van der Waals surface area contributed by atoms with Gasteiger partial charge in [0.25, 0.3) is 5.56 Å². The summed E-state index contributed by atoms with van der Waals surface area (Å²) in [4.78, 5) is 21.2. The molecule has 0 fully saturated rings. The highest BCUT2D eigenvalue weighted by molar-refractivity contribution is 7.18. The van der Waals surface area contributed by atoms with Crippen molar-refractivity contribution in [3.63, 3.8) is 0 Å². The van der Waals surface area contributed by atoms with E-state index in [1.165, 1.54) is 13.1 Å². The van der Waals surface area contributed by atoms with Crippen LogP contribution in [-0.4, -0.2) is 15.0 Å². The van der Waals surface area contributed by atoms with Gasteiger partial charge in [-0.1, -0.05) is 22.9 Å². The molecule has 1 N–H and O–H groups in total. The Morgan fingerprint density at radius 2 is 2.33 bits per heavy atom. The third-order valence-corrected chi connectivity index (χ3v) is 2.83. The second-order valence-electron chi connectivity index (χ2n) is 2.78. The van der Waals surface area contributed by atoms with Crippen LogP contribution in [0.25, 0.3) is 10.8 Å². The Kier molecular flexibility index (Phi) is 2.54. The topological polar surface area (TPSA) is 58.6 Å². The molecule has 0 spiro atoms. The fraction of sp³-hybridized carbons (Fsp3) is 0.125. The molecule has 4 nitrogen and oxygen atoms in total. The number of hydrogen-bond donors (Lipinski definition) is 1. The Hall–Kier alpha value is -1.27. The SMILES string of the molecule is Cc1nc(-c2ncc(Cl)s2)[nH]c(=O)c1F. The van der Waals surface area contributed by atoms with Crippen LogP contribution in [0.4, 0.5) is 4.39 Å². The lowest BCUT2D eigenvalue weighted by molar-refractivity contribution is 0.589. The molecular weight excluding hydrogens is 241 g/mol. The maximum absolute atomic E-state index is 13.0. The van der Waals surface area contributed by atoms with Gasteiger partial charge in [0.1, 0.15) is 4.34 Å². The van der Waals surface area contributed by atoms with Gasteiger partial charge in [0, 0.05) is 0 Å². The van der Waals surface area contributed by atoms with Crippen molar-refractivity contribution in [1.29, 1.82) is 0 Å². The van der Waals surface area contributed by atoms with Crippen LogP contribution in [0.5, 0.6) is 0 Å². The number of nitrogens with zero attached hydrogens (tertiary/aromatic N) is 2. The Bertz CT molecular complexity index is 565. The van der Waals surface area contributed by atoms with E-state index in [0.717, 1.165) is 11.3 Å². The summed E-state index contributed by atoms with van der Waals surface area (Å²) in [5, 5.41) is 0.459. The Labute approximate surface area is 92.8 Å². The number of thiazole rings is 1. The first-order valence-electron chi connectivity index (χ1n) is 3.96. The number of aromatic nitrogens is 3. The Morgan fingerprint density at radius 3 is 2.87 bits per heavy atom. The van der Waals surface area contributed by atoms with Crippen LogP contribution in [0.3, 0.4) is 0 Å². The molecular formula is C8H5ClFN3OS. The monoisotopic (exact) mass is 245 g/mol. The molecule has 0 saturated carbocycles. The van der Waals surface area contributed by atoms with Crippen LogP contribution in [0.1, 0.15) is 5.69 Å². The molecule has 15 heavy (non-hydrogen) atoms. The van der Waals surface area contributed by atoms with Crippen molar-refractivity contribution in [2.45, 2.75) is 6.92 Å². The summed E-state index contributed by atoms with van der Waals surface area (Å²) < 4.78 is 13.5. The predicted octanol–water partition coefficient (Wildman–Crippen LogP) is 1.99. The highest BCUT2D eigenvalue weighted by Crippen LogP contribution is 2.24. The van der Waals surface area contributed by atoms with E-state index >= 15 is 0 Å². The van der Waals surface area contributed by atoms with E-state index in [1.54, 1.807) is 0 Å². The second-order valence-corrected chi connectivity index (χ2v) is 4.45. The normalized spacial score (nSPS) is 10.6. The molecule has 0 radical (unpaired) electrons. The van der Waals surface area contributed by atoms with Crippen molar-refractivity contribution in [2.75, 3.05) is 0 Å². The molecule has 0 bridgehead atoms. The third kappa shape index (κ3) is 1.91. The van der Waals surface area contributed by atoms with Gasteiger partial charge in [-0.3, -0.25) is 4.79 Å². The van der Waals surface area contributed by atoms with Gasteiger partial charge in [0.2, 0.25) is 5.82 Å². The predicted molar refractivity (Wildman–Crippen MR) is 55.7 cm³/mol. The van der Waals surface area contributed by atoms with E-state index in [1.807, 2.05) is 0 Å². The van der Waals surface area contributed by atoms with Crippen LogP contribution < -0.4 is 5.56 Å². The molecule has 0 aromatic carbocycles. The standard InChI is InChI=1S/C8H5ClFN3OS/c1-3-5(10)7(14)13-6(12-3)8-11-2-4(9)15-8/h2H,1H3,(H,12,13,14). The molecule has 2 rings (SSSR count). The van der Waals surface area contributed by atoms with Gasteiger partial charge >= 0.3 is 0 Å².